The van der Waals surface area contributed by atoms with Crippen molar-refractivity contribution < 1.29 is 14.4 Å². The molecule has 2 heterocycles. The number of urea groups is 1. The summed E-state index contributed by atoms with van der Waals surface area (Å²) in [4.78, 5) is 43.7. The van der Waals surface area contributed by atoms with E-state index in [1.54, 1.807) is 13.1 Å². The summed E-state index contributed by atoms with van der Waals surface area (Å²) in [6.45, 7) is 3.16. The summed E-state index contributed by atoms with van der Waals surface area (Å²) in [6.07, 6.45) is 1.64. The molecule has 2 N–H and O–H groups in total. The van der Waals surface area contributed by atoms with Crippen molar-refractivity contribution in [3.63, 3.8) is 0 Å². The van der Waals surface area contributed by atoms with Crippen molar-refractivity contribution in [2.75, 3.05) is 11.9 Å². The van der Waals surface area contributed by atoms with E-state index in [4.69, 9.17) is 0 Å². The van der Waals surface area contributed by atoms with Gasteiger partial charge in [0.15, 0.2) is 5.13 Å². The lowest BCUT2D eigenvalue weighted by Gasteiger charge is -2.22. The Balaban J connectivity index is 1.55. The van der Waals surface area contributed by atoms with Crippen molar-refractivity contribution in [1.82, 2.24) is 15.2 Å². The number of nitrogens with one attached hydrogen (secondary N) is 2. The molecule has 0 saturated carbocycles. The first-order chi connectivity index (χ1) is 13.4. The van der Waals surface area contributed by atoms with Gasteiger partial charge in [-0.25, -0.2) is 9.78 Å². The second-order valence-corrected chi connectivity index (χ2v) is 8.07. The molecule has 0 spiro atoms. The Hall–Kier alpha value is -3.26. The fourth-order valence-electron chi connectivity index (χ4n) is 3.25. The largest absolute Gasteiger partial charge is 0.325 e. The second-order valence-electron chi connectivity index (χ2n) is 6.83. The third-order valence-electron chi connectivity index (χ3n) is 4.77. The minimum absolute atomic E-state index is 0.369. The molecule has 1 fully saturated rings. The summed E-state index contributed by atoms with van der Waals surface area (Å²) >= 11 is 1.33. The van der Waals surface area contributed by atoms with E-state index in [1.807, 2.05) is 49.4 Å². The maximum Gasteiger partial charge on any atom is 0.325 e. The number of carbonyl (C=O) groups is 3. The zero-order valence-electron chi connectivity index (χ0n) is 15.4. The molecule has 142 valence electrons. The van der Waals surface area contributed by atoms with E-state index in [-0.39, 0.29) is 6.54 Å². The Labute approximate surface area is 165 Å². The van der Waals surface area contributed by atoms with Crippen LogP contribution in [0.1, 0.15) is 17.4 Å². The second kappa shape index (κ2) is 6.72. The van der Waals surface area contributed by atoms with Gasteiger partial charge in [0, 0.05) is 11.1 Å². The summed E-state index contributed by atoms with van der Waals surface area (Å²) in [5.41, 5.74) is -0.554. The monoisotopic (exact) mass is 394 g/mol. The number of fused-ring (bicyclic) bond motifs is 1. The number of nitrogens with zero attached hydrogens (tertiary/aromatic N) is 2. The minimum Gasteiger partial charge on any atom is -0.319 e. The summed E-state index contributed by atoms with van der Waals surface area (Å²) in [6, 6.07) is 12.8. The number of aromatic nitrogens is 1. The lowest BCUT2D eigenvalue weighted by atomic mass is 9.90. The maximum atomic E-state index is 13.0. The Morgan fingerprint density at radius 1 is 1.21 bits per heavy atom. The van der Waals surface area contributed by atoms with Crippen LogP contribution in [-0.4, -0.2) is 34.3 Å². The number of anilines is 1. The molecule has 1 aliphatic heterocycles. The van der Waals surface area contributed by atoms with Gasteiger partial charge in [0.05, 0.1) is 0 Å². The molecule has 3 aromatic rings. The highest BCUT2D eigenvalue weighted by Crippen LogP contribution is 2.31. The molecule has 1 atom stereocenters. The van der Waals surface area contributed by atoms with Crippen LogP contribution in [0.5, 0.6) is 0 Å². The van der Waals surface area contributed by atoms with Gasteiger partial charge in [-0.1, -0.05) is 36.4 Å². The van der Waals surface area contributed by atoms with Crippen LogP contribution in [0, 0.1) is 6.92 Å². The molecule has 1 saturated heterocycles. The van der Waals surface area contributed by atoms with Gasteiger partial charge in [-0.2, -0.15) is 0 Å². The summed E-state index contributed by atoms with van der Waals surface area (Å²) in [5, 5.41) is 7.80. The molecule has 8 heteroatoms. The van der Waals surface area contributed by atoms with Crippen molar-refractivity contribution in [2.45, 2.75) is 19.4 Å². The lowest BCUT2D eigenvalue weighted by Crippen LogP contribution is -2.42. The molecular weight excluding hydrogens is 376 g/mol. The van der Waals surface area contributed by atoms with E-state index in [0.29, 0.717) is 10.7 Å². The Kier molecular flexibility index (Phi) is 4.35. The number of rotatable bonds is 4. The van der Waals surface area contributed by atoms with Gasteiger partial charge in [-0.15, -0.1) is 11.3 Å². The molecule has 2 aromatic carbocycles. The number of benzene rings is 2. The highest BCUT2D eigenvalue weighted by atomic mass is 32.1. The molecule has 0 unspecified atom stereocenters. The zero-order chi connectivity index (χ0) is 19.9. The van der Waals surface area contributed by atoms with Gasteiger partial charge in [0.25, 0.3) is 5.91 Å². The molecular formula is C20H18N4O3S. The van der Waals surface area contributed by atoms with Gasteiger partial charge >= 0.3 is 6.03 Å². The van der Waals surface area contributed by atoms with Crippen LogP contribution < -0.4 is 10.6 Å². The SMILES string of the molecule is Cc1cnc(NC(=O)CN2C(=O)N[C@](C)(c3ccc4ccccc4c3)C2=O)s1. The fraction of sp³-hybridized carbons (Fsp3) is 0.200. The highest BCUT2D eigenvalue weighted by molar-refractivity contribution is 7.15. The quantitative estimate of drug-likeness (QED) is 0.666. The zero-order valence-corrected chi connectivity index (χ0v) is 16.2. The highest BCUT2D eigenvalue weighted by Gasteiger charge is 2.49. The van der Waals surface area contributed by atoms with Gasteiger partial charge in [0.2, 0.25) is 5.91 Å². The average Bonchev–Trinajstić information content (AvgIpc) is 3.17. The first kappa shape index (κ1) is 18.1. The molecule has 28 heavy (non-hydrogen) atoms. The van der Waals surface area contributed by atoms with Crippen molar-refractivity contribution in [3.05, 3.63) is 59.1 Å². The summed E-state index contributed by atoms with van der Waals surface area (Å²) in [5.74, 6) is -0.932. The van der Waals surface area contributed by atoms with Gasteiger partial charge in [-0.3, -0.25) is 14.5 Å². The number of thiazole rings is 1. The molecule has 1 aromatic heterocycles. The van der Waals surface area contributed by atoms with Crippen LogP contribution in [0.3, 0.4) is 0 Å². The standard InChI is InChI=1S/C20H18N4O3S/c1-12-10-21-18(28-12)22-16(25)11-24-17(26)20(2,23-19(24)27)15-8-7-13-5-3-4-6-14(13)9-15/h3-10H,11H2,1-2H3,(H,23,27)(H,21,22,25)/t20-/m1/s1. The van der Waals surface area contributed by atoms with Crippen LogP contribution in [0.15, 0.2) is 48.7 Å². The van der Waals surface area contributed by atoms with Crippen molar-refractivity contribution in [3.8, 4) is 0 Å². The molecule has 4 rings (SSSR count). The number of hydrogen-bond acceptors (Lipinski definition) is 5. The van der Waals surface area contributed by atoms with E-state index in [0.717, 1.165) is 20.5 Å². The first-order valence-electron chi connectivity index (χ1n) is 8.72. The average molecular weight is 394 g/mol. The van der Waals surface area contributed by atoms with E-state index in [2.05, 4.69) is 15.6 Å². The van der Waals surface area contributed by atoms with Crippen LogP contribution in [0.25, 0.3) is 10.8 Å². The van der Waals surface area contributed by atoms with E-state index < -0.39 is 23.4 Å². The van der Waals surface area contributed by atoms with Crippen LogP contribution in [-0.2, 0) is 15.1 Å². The molecule has 4 amide bonds. The topological polar surface area (TPSA) is 91.4 Å². The van der Waals surface area contributed by atoms with Crippen molar-refractivity contribution >= 4 is 45.1 Å². The molecule has 0 aliphatic carbocycles. The predicted molar refractivity (Wildman–Crippen MR) is 107 cm³/mol. The predicted octanol–water partition coefficient (Wildman–Crippen LogP) is 3.01. The van der Waals surface area contributed by atoms with Crippen molar-refractivity contribution in [1.29, 1.82) is 0 Å². The molecule has 1 aliphatic rings. The Morgan fingerprint density at radius 3 is 2.68 bits per heavy atom. The summed E-state index contributed by atoms with van der Waals surface area (Å²) in [7, 11) is 0. The number of hydrogen-bond donors (Lipinski definition) is 2. The number of amides is 4. The number of imide groups is 1. The van der Waals surface area contributed by atoms with Crippen LogP contribution in [0.4, 0.5) is 9.93 Å². The van der Waals surface area contributed by atoms with E-state index in [9.17, 15) is 14.4 Å². The Morgan fingerprint density at radius 2 is 1.96 bits per heavy atom. The first-order valence-corrected chi connectivity index (χ1v) is 9.54. The number of carbonyl (C=O) groups excluding carboxylic acids is 3. The van der Waals surface area contributed by atoms with Crippen LogP contribution in [0.2, 0.25) is 0 Å². The van der Waals surface area contributed by atoms with Gasteiger partial charge in [-0.05, 0) is 36.2 Å². The third-order valence-corrected chi connectivity index (χ3v) is 5.60. The van der Waals surface area contributed by atoms with Crippen LogP contribution >= 0.6 is 11.3 Å². The molecule has 7 nitrogen and oxygen atoms in total. The molecule has 0 bridgehead atoms. The third kappa shape index (κ3) is 3.11. The fourth-order valence-corrected chi connectivity index (χ4v) is 3.93. The normalized spacial score (nSPS) is 19.1. The Bertz CT molecular complexity index is 1110. The smallest absolute Gasteiger partial charge is 0.319 e. The summed E-state index contributed by atoms with van der Waals surface area (Å²) < 4.78 is 0. The minimum atomic E-state index is -1.22. The lowest BCUT2D eigenvalue weighted by molar-refractivity contribution is -0.133. The van der Waals surface area contributed by atoms with E-state index in [1.165, 1.54) is 11.3 Å². The maximum absolute atomic E-state index is 13.0. The van der Waals surface area contributed by atoms with Gasteiger partial charge in [0.1, 0.15) is 12.1 Å². The van der Waals surface area contributed by atoms with Gasteiger partial charge < -0.3 is 10.6 Å². The van der Waals surface area contributed by atoms with E-state index >= 15 is 0 Å². The molecule has 0 radical (unpaired) electrons. The van der Waals surface area contributed by atoms with Crippen molar-refractivity contribution in [2.24, 2.45) is 0 Å². The number of aryl methyl sites for hydroxylation is 1.